The van der Waals surface area contributed by atoms with E-state index in [9.17, 15) is 4.79 Å². The fourth-order valence-corrected chi connectivity index (χ4v) is 3.62. The van der Waals surface area contributed by atoms with Gasteiger partial charge in [0.1, 0.15) is 5.75 Å². The average molecular weight is 429 g/mol. The average Bonchev–Trinajstić information content (AvgIpc) is 2.90. The van der Waals surface area contributed by atoms with E-state index < -0.39 is 0 Å². The van der Waals surface area contributed by atoms with E-state index in [0.717, 1.165) is 27.9 Å². The zero-order valence-electron chi connectivity index (χ0n) is 17.8. The summed E-state index contributed by atoms with van der Waals surface area (Å²) in [5.41, 5.74) is 5.89. The van der Waals surface area contributed by atoms with Crippen molar-refractivity contribution in [3.8, 4) is 33.7 Å². The number of carbonyl (C=O) groups is 1. The summed E-state index contributed by atoms with van der Waals surface area (Å²) in [6, 6.07) is 33.0. The van der Waals surface area contributed by atoms with Crippen molar-refractivity contribution in [3.05, 3.63) is 133 Å². The fraction of sp³-hybridized carbons (Fsp3) is 0. The molecule has 0 saturated carbocycles. The van der Waals surface area contributed by atoms with Gasteiger partial charge in [-0.1, -0.05) is 42.5 Å². The molecule has 0 atom stereocenters. The molecular weight excluding hydrogens is 408 g/mol. The molecule has 0 aliphatic carbocycles. The van der Waals surface area contributed by atoms with Crippen molar-refractivity contribution in [2.45, 2.75) is 0 Å². The standard InChI is InChI=1S/C29H21N2O2/c32-29(33-28-12-8-23(9-13-28)22-4-2-1-3-5-22)26-6-10-27(11-7-26)31-20-16-25(17-21-31)24-14-18-30-19-15-24/h1-21H/q+1. The zero-order valence-corrected chi connectivity index (χ0v) is 17.8. The molecule has 0 aliphatic heterocycles. The third-order valence-corrected chi connectivity index (χ3v) is 5.42. The van der Waals surface area contributed by atoms with Crippen LogP contribution in [0.2, 0.25) is 0 Å². The van der Waals surface area contributed by atoms with E-state index >= 15 is 0 Å². The van der Waals surface area contributed by atoms with Gasteiger partial charge >= 0.3 is 5.97 Å². The molecule has 0 bridgehead atoms. The Bertz CT molecular complexity index is 1350. The molecule has 2 heterocycles. The van der Waals surface area contributed by atoms with E-state index in [0.29, 0.717) is 11.3 Å². The van der Waals surface area contributed by atoms with Gasteiger partial charge in [0.05, 0.1) is 5.56 Å². The van der Waals surface area contributed by atoms with Gasteiger partial charge in [0.25, 0.3) is 0 Å². The van der Waals surface area contributed by atoms with Gasteiger partial charge < -0.3 is 4.74 Å². The minimum absolute atomic E-state index is 0.382. The SMILES string of the molecule is O=C(Oc1ccc(-c2ccccc2)cc1)c1ccc(-[n+]2ccc(-c3ccncc3)cc2)cc1. The van der Waals surface area contributed by atoms with E-state index in [4.69, 9.17) is 4.74 Å². The molecule has 3 aromatic carbocycles. The minimum atomic E-state index is -0.382. The molecule has 33 heavy (non-hydrogen) atoms. The lowest BCUT2D eigenvalue weighted by atomic mass is 10.1. The summed E-state index contributed by atoms with van der Waals surface area (Å²) >= 11 is 0. The zero-order chi connectivity index (χ0) is 22.5. The summed E-state index contributed by atoms with van der Waals surface area (Å²) in [6.07, 6.45) is 7.56. The van der Waals surface area contributed by atoms with Crippen LogP contribution in [0.15, 0.2) is 128 Å². The van der Waals surface area contributed by atoms with Crippen LogP contribution in [0, 0.1) is 0 Å². The highest BCUT2D eigenvalue weighted by molar-refractivity contribution is 5.91. The predicted octanol–water partition coefficient (Wildman–Crippen LogP) is 5.91. The van der Waals surface area contributed by atoms with Gasteiger partial charge in [-0.15, -0.1) is 0 Å². The second-order valence-corrected chi connectivity index (χ2v) is 7.56. The third kappa shape index (κ3) is 4.70. The molecule has 5 rings (SSSR count). The van der Waals surface area contributed by atoms with Gasteiger partial charge in [-0.3, -0.25) is 4.98 Å². The molecule has 2 aromatic heterocycles. The van der Waals surface area contributed by atoms with Crippen LogP contribution < -0.4 is 9.30 Å². The summed E-state index contributed by atoms with van der Waals surface area (Å²) in [7, 11) is 0. The number of pyridine rings is 2. The van der Waals surface area contributed by atoms with Gasteiger partial charge in [0.2, 0.25) is 5.69 Å². The Labute approximate surface area is 192 Å². The van der Waals surface area contributed by atoms with Crippen molar-refractivity contribution >= 4 is 5.97 Å². The molecule has 0 fully saturated rings. The van der Waals surface area contributed by atoms with Gasteiger partial charge in [0.15, 0.2) is 12.4 Å². The maximum atomic E-state index is 12.6. The van der Waals surface area contributed by atoms with Gasteiger partial charge in [-0.05, 0) is 58.7 Å². The van der Waals surface area contributed by atoms with Gasteiger partial charge in [-0.25, -0.2) is 4.79 Å². The number of nitrogens with zero attached hydrogens (tertiary/aromatic N) is 2. The van der Waals surface area contributed by atoms with Crippen molar-refractivity contribution in [2.24, 2.45) is 0 Å². The Kier molecular flexibility index (Phi) is 5.72. The van der Waals surface area contributed by atoms with E-state index in [-0.39, 0.29) is 5.97 Å². The molecule has 4 nitrogen and oxygen atoms in total. The van der Waals surface area contributed by atoms with Crippen LogP contribution in [0.3, 0.4) is 0 Å². The number of rotatable bonds is 5. The maximum absolute atomic E-state index is 12.6. The lowest BCUT2D eigenvalue weighted by Crippen LogP contribution is -2.29. The number of ether oxygens (including phenoxy) is 1. The lowest BCUT2D eigenvalue weighted by Gasteiger charge is -2.06. The van der Waals surface area contributed by atoms with Crippen molar-refractivity contribution in [2.75, 3.05) is 0 Å². The van der Waals surface area contributed by atoms with Crippen molar-refractivity contribution in [1.29, 1.82) is 0 Å². The number of hydrogen-bond donors (Lipinski definition) is 0. The smallest absolute Gasteiger partial charge is 0.343 e. The van der Waals surface area contributed by atoms with Gasteiger partial charge in [-0.2, -0.15) is 4.57 Å². The fourth-order valence-electron chi connectivity index (χ4n) is 3.62. The molecule has 4 heteroatoms. The Hall–Kier alpha value is -4.57. The van der Waals surface area contributed by atoms with Crippen LogP contribution in [-0.2, 0) is 0 Å². The maximum Gasteiger partial charge on any atom is 0.343 e. The molecule has 5 aromatic rings. The number of esters is 1. The molecule has 0 unspecified atom stereocenters. The monoisotopic (exact) mass is 429 g/mol. The second-order valence-electron chi connectivity index (χ2n) is 7.56. The first-order chi connectivity index (χ1) is 16.3. The van der Waals surface area contributed by atoms with Crippen LogP contribution in [-0.4, -0.2) is 11.0 Å². The van der Waals surface area contributed by atoms with Crippen LogP contribution in [0.1, 0.15) is 10.4 Å². The molecule has 0 amide bonds. The number of benzene rings is 3. The molecule has 0 aliphatic rings. The topological polar surface area (TPSA) is 43.1 Å². The highest BCUT2D eigenvalue weighted by Gasteiger charge is 2.12. The first-order valence-corrected chi connectivity index (χ1v) is 10.7. The van der Waals surface area contributed by atoms with Gasteiger partial charge in [0, 0.05) is 36.7 Å². The quantitative estimate of drug-likeness (QED) is 0.198. The van der Waals surface area contributed by atoms with E-state index in [2.05, 4.69) is 17.1 Å². The van der Waals surface area contributed by atoms with E-state index in [1.165, 1.54) is 0 Å². The number of hydrogen-bond acceptors (Lipinski definition) is 3. The second kappa shape index (κ2) is 9.28. The lowest BCUT2D eigenvalue weighted by molar-refractivity contribution is -0.595. The van der Waals surface area contributed by atoms with E-state index in [1.807, 2.05) is 95.8 Å². The van der Waals surface area contributed by atoms with Crippen molar-refractivity contribution in [3.63, 3.8) is 0 Å². The normalized spacial score (nSPS) is 10.5. The Morgan fingerprint density at radius 2 is 1.18 bits per heavy atom. The number of carbonyl (C=O) groups excluding carboxylic acids is 1. The summed E-state index contributed by atoms with van der Waals surface area (Å²) < 4.78 is 7.55. The molecule has 0 spiro atoms. The molecule has 0 radical (unpaired) electrons. The van der Waals surface area contributed by atoms with E-state index in [1.54, 1.807) is 24.5 Å². The Morgan fingerprint density at radius 1 is 0.606 bits per heavy atom. The Balaban J connectivity index is 1.26. The first-order valence-electron chi connectivity index (χ1n) is 10.7. The van der Waals surface area contributed by atoms with Crippen LogP contribution >= 0.6 is 0 Å². The largest absolute Gasteiger partial charge is 0.423 e. The Morgan fingerprint density at radius 3 is 1.85 bits per heavy atom. The molecule has 0 saturated heterocycles. The summed E-state index contributed by atoms with van der Waals surface area (Å²) in [5, 5.41) is 0. The molecule has 158 valence electrons. The van der Waals surface area contributed by atoms with Crippen LogP contribution in [0.25, 0.3) is 27.9 Å². The number of aromatic nitrogens is 2. The highest BCUT2D eigenvalue weighted by Crippen LogP contribution is 2.23. The van der Waals surface area contributed by atoms with Crippen LogP contribution in [0.4, 0.5) is 0 Å². The van der Waals surface area contributed by atoms with Crippen molar-refractivity contribution < 1.29 is 14.1 Å². The molecule has 0 N–H and O–H groups in total. The molecular formula is C29H21N2O2+. The van der Waals surface area contributed by atoms with Crippen molar-refractivity contribution in [1.82, 2.24) is 4.98 Å². The summed E-state index contributed by atoms with van der Waals surface area (Å²) in [4.78, 5) is 16.6. The van der Waals surface area contributed by atoms with Crippen LogP contribution in [0.5, 0.6) is 5.75 Å². The minimum Gasteiger partial charge on any atom is -0.423 e. The summed E-state index contributed by atoms with van der Waals surface area (Å²) in [6.45, 7) is 0. The predicted molar refractivity (Wildman–Crippen MR) is 128 cm³/mol. The first kappa shape index (κ1) is 20.3. The third-order valence-electron chi connectivity index (χ3n) is 5.42. The summed E-state index contributed by atoms with van der Waals surface area (Å²) in [5.74, 6) is 0.136. The highest BCUT2D eigenvalue weighted by atomic mass is 16.5.